The van der Waals surface area contributed by atoms with Crippen LogP contribution in [0.4, 0.5) is 0 Å². The van der Waals surface area contributed by atoms with Crippen molar-refractivity contribution in [3.8, 4) is 0 Å². The maximum atomic E-state index is 12.2. The predicted octanol–water partition coefficient (Wildman–Crippen LogP) is 0.492. The Morgan fingerprint density at radius 3 is 2.76 bits per heavy atom. The van der Waals surface area contributed by atoms with Crippen LogP contribution in [0.5, 0.6) is 0 Å². The average Bonchev–Trinajstić information content (AvgIpc) is 2.76. The topological polar surface area (TPSA) is 50.2 Å². The first-order valence-corrected chi connectivity index (χ1v) is 6.12. The van der Waals surface area contributed by atoms with Gasteiger partial charge in [-0.15, -0.1) is 0 Å². The molecule has 5 nitrogen and oxygen atoms in total. The second kappa shape index (κ2) is 5.31. The highest BCUT2D eigenvalue weighted by atomic mass is 16.2. The summed E-state index contributed by atoms with van der Waals surface area (Å²) in [6.45, 7) is 2.76. The lowest BCUT2D eigenvalue weighted by Crippen LogP contribution is -2.41. The third-order valence-corrected chi connectivity index (χ3v) is 3.43. The van der Waals surface area contributed by atoms with Gasteiger partial charge in [-0.2, -0.15) is 0 Å². The first-order valence-electron chi connectivity index (χ1n) is 6.12. The first-order chi connectivity index (χ1) is 8.22. The number of nitrogens with zero attached hydrogens (tertiary/aromatic N) is 3. The van der Waals surface area contributed by atoms with Gasteiger partial charge in [-0.3, -0.25) is 4.79 Å². The van der Waals surface area contributed by atoms with Crippen LogP contribution in [0, 0.1) is 5.92 Å². The highest BCUT2D eigenvalue weighted by Gasteiger charge is 2.24. The number of nitrogens with one attached hydrogen (secondary N) is 1. The molecule has 0 unspecified atom stereocenters. The molecule has 17 heavy (non-hydrogen) atoms. The summed E-state index contributed by atoms with van der Waals surface area (Å²) >= 11 is 0. The minimum absolute atomic E-state index is 0.105. The van der Waals surface area contributed by atoms with Crippen molar-refractivity contribution >= 4 is 5.91 Å². The van der Waals surface area contributed by atoms with Gasteiger partial charge in [-0.25, -0.2) is 4.98 Å². The summed E-state index contributed by atoms with van der Waals surface area (Å²) in [4.78, 5) is 18.1. The van der Waals surface area contributed by atoms with Gasteiger partial charge in [0.2, 0.25) is 0 Å². The third kappa shape index (κ3) is 2.66. The molecule has 5 heteroatoms. The molecule has 0 radical (unpaired) electrons. The van der Waals surface area contributed by atoms with Crippen LogP contribution in [-0.4, -0.2) is 47.0 Å². The molecule has 0 aromatic carbocycles. The monoisotopic (exact) mass is 236 g/mol. The van der Waals surface area contributed by atoms with E-state index in [2.05, 4.69) is 10.3 Å². The zero-order chi connectivity index (χ0) is 12.3. The second-order valence-electron chi connectivity index (χ2n) is 4.68. The van der Waals surface area contributed by atoms with Crippen LogP contribution in [0.3, 0.4) is 0 Å². The Labute approximate surface area is 102 Å². The molecule has 1 saturated heterocycles. The Hall–Kier alpha value is -1.36. The number of amides is 1. The first kappa shape index (κ1) is 12.1. The van der Waals surface area contributed by atoms with E-state index in [9.17, 15) is 4.79 Å². The van der Waals surface area contributed by atoms with Crippen LogP contribution in [-0.2, 0) is 7.05 Å². The smallest absolute Gasteiger partial charge is 0.272 e. The van der Waals surface area contributed by atoms with Crippen LogP contribution in [0.15, 0.2) is 12.5 Å². The average molecular weight is 236 g/mol. The summed E-state index contributed by atoms with van der Waals surface area (Å²) in [5.74, 6) is 0.809. The molecule has 1 aliphatic rings. The molecule has 1 aromatic heterocycles. The number of aromatic nitrogens is 2. The molecular formula is C12H20N4O. The Morgan fingerprint density at radius 2 is 2.24 bits per heavy atom. The van der Waals surface area contributed by atoms with Crippen molar-refractivity contribution < 1.29 is 4.79 Å². The van der Waals surface area contributed by atoms with Gasteiger partial charge < -0.3 is 14.8 Å². The number of imidazole rings is 1. The lowest BCUT2D eigenvalue weighted by atomic mass is 9.97. The zero-order valence-corrected chi connectivity index (χ0v) is 10.5. The molecule has 2 heterocycles. The summed E-state index contributed by atoms with van der Waals surface area (Å²) in [6, 6.07) is 0. The van der Waals surface area contributed by atoms with E-state index in [4.69, 9.17) is 0 Å². The van der Waals surface area contributed by atoms with E-state index < -0.39 is 0 Å². The molecule has 0 bridgehead atoms. The van der Waals surface area contributed by atoms with E-state index in [0.717, 1.165) is 32.5 Å². The Bertz CT molecular complexity index is 380. The van der Waals surface area contributed by atoms with Gasteiger partial charge in [-0.1, -0.05) is 0 Å². The van der Waals surface area contributed by atoms with E-state index in [0.29, 0.717) is 11.6 Å². The fourth-order valence-corrected chi connectivity index (χ4v) is 2.35. The maximum Gasteiger partial charge on any atom is 0.272 e. The zero-order valence-electron chi connectivity index (χ0n) is 10.5. The molecule has 1 N–H and O–H groups in total. The van der Waals surface area contributed by atoms with Crippen molar-refractivity contribution in [1.29, 1.82) is 0 Å². The van der Waals surface area contributed by atoms with Gasteiger partial charge in [0.1, 0.15) is 5.69 Å². The Kier molecular flexibility index (Phi) is 3.78. The molecule has 0 saturated carbocycles. The van der Waals surface area contributed by atoms with Gasteiger partial charge in [0.25, 0.3) is 5.91 Å². The number of hydrogen-bond acceptors (Lipinski definition) is 3. The molecular weight excluding hydrogens is 216 g/mol. The number of piperidine rings is 1. The summed E-state index contributed by atoms with van der Waals surface area (Å²) in [7, 11) is 3.83. The number of hydrogen-bond donors (Lipinski definition) is 1. The van der Waals surface area contributed by atoms with E-state index in [1.54, 1.807) is 17.1 Å². The second-order valence-corrected chi connectivity index (χ2v) is 4.68. The number of carbonyl (C=O) groups excluding carboxylic acids is 1. The van der Waals surface area contributed by atoms with Crippen molar-refractivity contribution in [1.82, 2.24) is 19.8 Å². The van der Waals surface area contributed by atoms with Crippen LogP contribution in [0.25, 0.3) is 0 Å². The summed E-state index contributed by atoms with van der Waals surface area (Å²) < 4.78 is 1.78. The van der Waals surface area contributed by atoms with Crippen molar-refractivity contribution in [2.45, 2.75) is 12.8 Å². The summed E-state index contributed by atoms with van der Waals surface area (Å²) in [5, 5.41) is 3.20. The molecule has 1 fully saturated rings. The lowest BCUT2D eigenvalue weighted by Gasteiger charge is -2.31. The standard InChI is InChI=1S/C12H20N4O/c1-13-7-10-3-5-16(6-4-10)12(17)11-8-14-9-15(11)2/h8-10,13H,3-7H2,1-2H3. The quantitative estimate of drug-likeness (QED) is 0.831. The predicted molar refractivity (Wildman–Crippen MR) is 65.8 cm³/mol. The lowest BCUT2D eigenvalue weighted by molar-refractivity contribution is 0.0681. The largest absolute Gasteiger partial charge is 0.337 e. The number of rotatable bonds is 3. The van der Waals surface area contributed by atoms with E-state index in [-0.39, 0.29) is 5.91 Å². The van der Waals surface area contributed by atoms with Crippen LogP contribution < -0.4 is 5.32 Å². The van der Waals surface area contributed by atoms with Gasteiger partial charge in [0, 0.05) is 20.1 Å². The molecule has 1 aromatic rings. The fourth-order valence-electron chi connectivity index (χ4n) is 2.35. The van der Waals surface area contributed by atoms with Crippen molar-refractivity contribution in [3.63, 3.8) is 0 Å². The van der Waals surface area contributed by atoms with Gasteiger partial charge >= 0.3 is 0 Å². The number of likely N-dealkylation sites (tertiary alicyclic amines) is 1. The molecule has 0 spiro atoms. The van der Waals surface area contributed by atoms with Gasteiger partial charge in [0.15, 0.2) is 0 Å². The summed E-state index contributed by atoms with van der Waals surface area (Å²) in [5.41, 5.74) is 0.678. The minimum atomic E-state index is 0.105. The van der Waals surface area contributed by atoms with Crippen LogP contribution >= 0.6 is 0 Å². The van der Waals surface area contributed by atoms with E-state index >= 15 is 0 Å². The fraction of sp³-hybridized carbons (Fsp3) is 0.667. The normalized spacial score (nSPS) is 17.4. The SMILES string of the molecule is CNCC1CCN(C(=O)c2cncn2C)CC1. The minimum Gasteiger partial charge on any atom is -0.337 e. The van der Waals surface area contributed by atoms with Crippen LogP contribution in [0.2, 0.25) is 0 Å². The molecule has 1 aliphatic heterocycles. The van der Waals surface area contributed by atoms with Crippen LogP contribution in [0.1, 0.15) is 23.3 Å². The Balaban J connectivity index is 1.93. The molecule has 2 rings (SSSR count). The molecule has 1 amide bonds. The van der Waals surface area contributed by atoms with Crippen molar-refractivity contribution in [3.05, 3.63) is 18.2 Å². The maximum absolute atomic E-state index is 12.2. The third-order valence-electron chi connectivity index (χ3n) is 3.43. The summed E-state index contributed by atoms with van der Waals surface area (Å²) in [6.07, 6.45) is 5.48. The van der Waals surface area contributed by atoms with E-state index in [1.165, 1.54) is 0 Å². The van der Waals surface area contributed by atoms with Crippen molar-refractivity contribution in [2.75, 3.05) is 26.7 Å². The Morgan fingerprint density at radius 1 is 1.53 bits per heavy atom. The van der Waals surface area contributed by atoms with Gasteiger partial charge in [0.05, 0.1) is 12.5 Å². The van der Waals surface area contributed by atoms with Crippen molar-refractivity contribution in [2.24, 2.45) is 13.0 Å². The molecule has 0 aliphatic carbocycles. The highest BCUT2D eigenvalue weighted by Crippen LogP contribution is 2.18. The molecule has 94 valence electrons. The number of aryl methyl sites for hydroxylation is 1. The van der Waals surface area contributed by atoms with E-state index in [1.807, 2.05) is 19.0 Å². The van der Waals surface area contributed by atoms with Gasteiger partial charge in [-0.05, 0) is 32.4 Å². The molecule has 0 atom stereocenters. The highest BCUT2D eigenvalue weighted by molar-refractivity contribution is 5.92. The number of carbonyl (C=O) groups is 1.